The SMILES string of the molecule is COc1cc(F)ccc1C(C)(/C=C(\C)C=O)CC=C(C)C. The normalized spacial score (nSPS) is 14.3. The topological polar surface area (TPSA) is 26.3 Å². The summed E-state index contributed by atoms with van der Waals surface area (Å²) in [5, 5.41) is 0. The van der Waals surface area contributed by atoms with Crippen LogP contribution in [0.4, 0.5) is 4.39 Å². The molecule has 114 valence electrons. The lowest BCUT2D eigenvalue weighted by atomic mass is 9.77. The number of aldehydes is 1. The lowest BCUT2D eigenvalue weighted by Gasteiger charge is -2.28. The van der Waals surface area contributed by atoms with E-state index < -0.39 is 5.41 Å². The molecule has 1 unspecified atom stereocenters. The first-order valence-electron chi connectivity index (χ1n) is 6.94. The van der Waals surface area contributed by atoms with E-state index in [1.54, 1.807) is 13.0 Å². The Kier molecular flexibility index (Phi) is 5.89. The highest BCUT2D eigenvalue weighted by molar-refractivity contribution is 5.73. The van der Waals surface area contributed by atoms with Crippen LogP contribution in [0.15, 0.2) is 41.5 Å². The molecule has 0 aliphatic heterocycles. The highest BCUT2D eigenvalue weighted by atomic mass is 19.1. The van der Waals surface area contributed by atoms with E-state index in [-0.39, 0.29) is 5.82 Å². The fraction of sp³-hybridized carbons (Fsp3) is 0.389. The standard InChI is InChI=1S/C18H23FO2/c1-13(2)8-9-18(4,11-14(3)12-20)16-7-6-15(19)10-17(16)21-5/h6-8,10-12H,9H2,1-5H3/b14-11+. The molecule has 0 radical (unpaired) electrons. The molecule has 1 rings (SSSR count). The molecule has 1 atom stereocenters. The maximum absolute atomic E-state index is 13.4. The van der Waals surface area contributed by atoms with Gasteiger partial charge in [-0.2, -0.15) is 0 Å². The average Bonchev–Trinajstić information content (AvgIpc) is 2.44. The summed E-state index contributed by atoms with van der Waals surface area (Å²) < 4.78 is 18.7. The molecule has 0 aliphatic carbocycles. The summed E-state index contributed by atoms with van der Waals surface area (Å²) in [7, 11) is 1.52. The summed E-state index contributed by atoms with van der Waals surface area (Å²) >= 11 is 0. The molecule has 0 heterocycles. The van der Waals surface area contributed by atoms with Crippen molar-refractivity contribution in [1.29, 1.82) is 0 Å². The van der Waals surface area contributed by atoms with E-state index in [0.29, 0.717) is 17.7 Å². The van der Waals surface area contributed by atoms with Crippen molar-refractivity contribution in [3.8, 4) is 5.75 Å². The maximum atomic E-state index is 13.4. The van der Waals surface area contributed by atoms with Crippen LogP contribution in [0.5, 0.6) is 5.75 Å². The number of benzene rings is 1. The molecule has 0 saturated carbocycles. The fourth-order valence-corrected chi connectivity index (χ4v) is 2.34. The predicted molar refractivity (Wildman–Crippen MR) is 84.2 cm³/mol. The van der Waals surface area contributed by atoms with Gasteiger partial charge in [0.25, 0.3) is 0 Å². The number of carbonyl (C=O) groups is 1. The zero-order chi connectivity index (χ0) is 16.0. The monoisotopic (exact) mass is 290 g/mol. The van der Waals surface area contributed by atoms with Crippen molar-refractivity contribution < 1.29 is 13.9 Å². The molecule has 1 aromatic rings. The number of rotatable bonds is 6. The van der Waals surface area contributed by atoms with Gasteiger partial charge in [0, 0.05) is 17.0 Å². The third kappa shape index (κ3) is 4.55. The molecule has 0 saturated heterocycles. The van der Waals surface area contributed by atoms with Crippen molar-refractivity contribution in [3.63, 3.8) is 0 Å². The van der Waals surface area contributed by atoms with E-state index in [2.05, 4.69) is 6.08 Å². The minimum atomic E-state index is -0.429. The first kappa shape index (κ1) is 17.2. The zero-order valence-electron chi connectivity index (χ0n) is 13.4. The third-order valence-corrected chi connectivity index (χ3v) is 3.45. The van der Waals surface area contributed by atoms with Crippen LogP contribution in [0.3, 0.4) is 0 Å². The highest BCUT2D eigenvalue weighted by Gasteiger charge is 2.27. The molecule has 1 aromatic carbocycles. The number of ether oxygens (including phenoxy) is 1. The van der Waals surface area contributed by atoms with E-state index in [1.165, 1.54) is 24.8 Å². The van der Waals surface area contributed by atoms with Crippen LogP contribution in [0.1, 0.15) is 39.7 Å². The predicted octanol–water partition coefficient (Wildman–Crippen LogP) is 4.59. The van der Waals surface area contributed by atoms with E-state index in [1.807, 2.05) is 26.8 Å². The van der Waals surface area contributed by atoms with Gasteiger partial charge in [0.1, 0.15) is 17.9 Å². The van der Waals surface area contributed by atoms with Gasteiger partial charge in [-0.15, -0.1) is 0 Å². The maximum Gasteiger partial charge on any atom is 0.145 e. The fourth-order valence-electron chi connectivity index (χ4n) is 2.34. The van der Waals surface area contributed by atoms with Crippen LogP contribution in [0, 0.1) is 5.82 Å². The van der Waals surface area contributed by atoms with Crippen molar-refractivity contribution in [3.05, 3.63) is 52.9 Å². The van der Waals surface area contributed by atoms with Crippen molar-refractivity contribution >= 4 is 6.29 Å². The quantitative estimate of drug-likeness (QED) is 0.435. The molecule has 0 aromatic heterocycles. The van der Waals surface area contributed by atoms with Crippen molar-refractivity contribution in [2.75, 3.05) is 7.11 Å². The van der Waals surface area contributed by atoms with Gasteiger partial charge in [0.2, 0.25) is 0 Å². The summed E-state index contributed by atoms with van der Waals surface area (Å²) in [4.78, 5) is 11.0. The second-order valence-electron chi connectivity index (χ2n) is 5.75. The first-order valence-corrected chi connectivity index (χ1v) is 6.94. The summed E-state index contributed by atoms with van der Waals surface area (Å²) in [5.74, 6) is 0.158. The number of allylic oxidation sites excluding steroid dienone is 4. The molecule has 3 heteroatoms. The van der Waals surface area contributed by atoms with Crippen LogP contribution < -0.4 is 4.74 Å². The largest absolute Gasteiger partial charge is 0.496 e. The van der Waals surface area contributed by atoms with Crippen LogP contribution in [-0.4, -0.2) is 13.4 Å². The molecule has 21 heavy (non-hydrogen) atoms. The molecule has 0 N–H and O–H groups in total. The lowest BCUT2D eigenvalue weighted by molar-refractivity contribution is -0.104. The molecule has 2 nitrogen and oxygen atoms in total. The number of hydrogen-bond acceptors (Lipinski definition) is 2. The summed E-state index contributed by atoms with van der Waals surface area (Å²) in [6.07, 6.45) is 5.56. The van der Waals surface area contributed by atoms with Crippen molar-refractivity contribution in [2.24, 2.45) is 0 Å². The zero-order valence-corrected chi connectivity index (χ0v) is 13.4. The Bertz CT molecular complexity index is 569. The van der Waals surface area contributed by atoms with Gasteiger partial charge < -0.3 is 4.74 Å². The summed E-state index contributed by atoms with van der Waals surface area (Å²) in [6.45, 7) is 7.84. The van der Waals surface area contributed by atoms with Gasteiger partial charge in [-0.3, -0.25) is 4.79 Å². The minimum absolute atomic E-state index is 0.337. The number of methoxy groups -OCH3 is 1. The number of halogens is 1. The highest BCUT2D eigenvalue weighted by Crippen LogP contribution is 2.37. The van der Waals surface area contributed by atoms with Gasteiger partial charge in [0.05, 0.1) is 7.11 Å². The number of hydrogen-bond donors (Lipinski definition) is 0. The molecule has 0 aliphatic rings. The smallest absolute Gasteiger partial charge is 0.145 e. The van der Waals surface area contributed by atoms with E-state index >= 15 is 0 Å². The first-order chi connectivity index (χ1) is 9.82. The van der Waals surface area contributed by atoms with Gasteiger partial charge in [0.15, 0.2) is 0 Å². The van der Waals surface area contributed by atoms with Crippen molar-refractivity contribution in [1.82, 2.24) is 0 Å². The molecular weight excluding hydrogens is 267 g/mol. The third-order valence-electron chi connectivity index (χ3n) is 3.45. The van der Waals surface area contributed by atoms with Gasteiger partial charge >= 0.3 is 0 Å². The summed E-state index contributed by atoms with van der Waals surface area (Å²) in [6, 6.07) is 4.52. The Morgan fingerprint density at radius 2 is 2.00 bits per heavy atom. The summed E-state index contributed by atoms with van der Waals surface area (Å²) in [5.41, 5.74) is 2.27. The molecule has 0 bridgehead atoms. The second-order valence-corrected chi connectivity index (χ2v) is 5.75. The molecule has 0 spiro atoms. The van der Waals surface area contributed by atoms with Crippen LogP contribution in [0.25, 0.3) is 0 Å². The molecule has 0 fully saturated rings. The van der Waals surface area contributed by atoms with Crippen LogP contribution >= 0.6 is 0 Å². The van der Waals surface area contributed by atoms with Crippen LogP contribution in [-0.2, 0) is 10.2 Å². The Morgan fingerprint density at radius 3 is 2.52 bits per heavy atom. The Labute approximate surface area is 126 Å². The van der Waals surface area contributed by atoms with E-state index in [9.17, 15) is 9.18 Å². The lowest BCUT2D eigenvalue weighted by Crippen LogP contribution is -2.20. The van der Waals surface area contributed by atoms with Crippen molar-refractivity contribution in [2.45, 2.75) is 39.5 Å². The van der Waals surface area contributed by atoms with Gasteiger partial charge in [-0.1, -0.05) is 30.7 Å². The Balaban J connectivity index is 3.43. The molecule has 0 amide bonds. The second kappa shape index (κ2) is 7.21. The van der Waals surface area contributed by atoms with Gasteiger partial charge in [-0.25, -0.2) is 4.39 Å². The minimum Gasteiger partial charge on any atom is -0.496 e. The van der Waals surface area contributed by atoms with E-state index in [4.69, 9.17) is 4.74 Å². The van der Waals surface area contributed by atoms with E-state index in [0.717, 1.165) is 11.8 Å². The molecular formula is C18H23FO2. The van der Waals surface area contributed by atoms with Crippen LogP contribution in [0.2, 0.25) is 0 Å². The van der Waals surface area contributed by atoms with Gasteiger partial charge in [-0.05, 0) is 38.8 Å². The average molecular weight is 290 g/mol. The Hall–Kier alpha value is -1.90. The Morgan fingerprint density at radius 1 is 1.33 bits per heavy atom. The number of carbonyl (C=O) groups excluding carboxylic acids is 1.